The summed E-state index contributed by atoms with van der Waals surface area (Å²) in [5.74, 6) is -0.585. The number of aromatic amines is 1. The van der Waals surface area contributed by atoms with Crippen LogP contribution in [0.5, 0.6) is 0 Å². The molecule has 0 unspecified atom stereocenters. The molecule has 0 aliphatic carbocycles. The Morgan fingerprint density at radius 1 is 1.10 bits per heavy atom. The Morgan fingerprint density at radius 3 is 2.52 bits per heavy atom. The summed E-state index contributed by atoms with van der Waals surface area (Å²) >= 11 is 3.25. The average Bonchev–Trinajstić information content (AvgIpc) is 2.78. The quantitative estimate of drug-likeness (QED) is 0.743. The van der Waals surface area contributed by atoms with Crippen molar-refractivity contribution in [1.82, 2.24) is 4.98 Å². The average molecular weight is 369 g/mol. The predicted octanol–water partition coefficient (Wildman–Crippen LogP) is 2.68. The van der Waals surface area contributed by atoms with E-state index in [2.05, 4.69) is 25.6 Å². The highest BCUT2D eigenvalue weighted by Gasteiger charge is 2.14. The summed E-state index contributed by atoms with van der Waals surface area (Å²) in [6, 6.07) is 10.8. The minimum Gasteiger partial charge on any atom is -0.408 e. The van der Waals surface area contributed by atoms with Crippen LogP contribution < -0.4 is 10.5 Å². The molecule has 1 heterocycles. The zero-order valence-electron chi connectivity index (χ0n) is 10.5. The number of hydrogen-bond donors (Lipinski definition) is 2. The summed E-state index contributed by atoms with van der Waals surface area (Å²) in [6.07, 6.45) is 0. The number of aromatic nitrogens is 1. The molecule has 0 spiro atoms. The van der Waals surface area contributed by atoms with Crippen molar-refractivity contribution >= 4 is 42.7 Å². The summed E-state index contributed by atoms with van der Waals surface area (Å²) in [5.41, 5.74) is 1.11. The molecule has 0 atom stereocenters. The molecule has 2 N–H and O–H groups in total. The minimum absolute atomic E-state index is 0.140. The van der Waals surface area contributed by atoms with Gasteiger partial charge in [-0.15, -0.1) is 0 Å². The third kappa shape index (κ3) is 2.86. The molecule has 8 heteroatoms. The number of H-pyrrole nitrogens is 1. The number of benzene rings is 2. The molecule has 0 bridgehead atoms. The number of hydrogen-bond acceptors (Lipinski definition) is 4. The third-order valence-electron chi connectivity index (χ3n) is 2.80. The van der Waals surface area contributed by atoms with E-state index >= 15 is 0 Å². The van der Waals surface area contributed by atoms with Crippen LogP contribution in [0.3, 0.4) is 0 Å². The Kier molecular flexibility index (Phi) is 3.34. The smallest absolute Gasteiger partial charge is 0.408 e. The van der Waals surface area contributed by atoms with Gasteiger partial charge in [-0.1, -0.05) is 15.9 Å². The Hall–Kier alpha value is -2.06. The van der Waals surface area contributed by atoms with E-state index in [-0.39, 0.29) is 10.5 Å². The topological polar surface area (TPSA) is 92.2 Å². The van der Waals surface area contributed by atoms with E-state index in [0.29, 0.717) is 11.2 Å². The number of sulfonamides is 1. The number of rotatable bonds is 3. The van der Waals surface area contributed by atoms with Crippen LogP contribution in [-0.2, 0) is 10.0 Å². The first-order valence-corrected chi connectivity index (χ1v) is 8.13. The summed E-state index contributed by atoms with van der Waals surface area (Å²) in [6.45, 7) is 0. The fourth-order valence-electron chi connectivity index (χ4n) is 1.84. The van der Waals surface area contributed by atoms with Gasteiger partial charge in [-0.05, 0) is 36.4 Å². The van der Waals surface area contributed by atoms with Crippen LogP contribution in [0, 0.1) is 0 Å². The Morgan fingerprint density at radius 2 is 1.81 bits per heavy atom. The van der Waals surface area contributed by atoms with E-state index in [1.54, 1.807) is 24.3 Å². The molecule has 0 aliphatic heterocycles. The lowest BCUT2D eigenvalue weighted by atomic mass is 10.3. The van der Waals surface area contributed by atoms with Crippen LogP contribution in [0.2, 0.25) is 0 Å². The maximum Gasteiger partial charge on any atom is 0.417 e. The van der Waals surface area contributed by atoms with Crippen molar-refractivity contribution in [1.29, 1.82) is 0 Å². The third-order valence-corrected chi connectivity index (χ3v) is 4.72. The van der Waals surface area contributed by atoms with Gasteiger partial charge in [-0.2, -0.15) is 0 Å². The lowest BCUT2D eigenvalue weighted by Crippen LogP contribution is -2.12. The van der Waals surface area contributed by atoms with Gasteiger partial charge in [0, 0.05) is 10.5 Å². The molecule has 0 fully saturated rings. The van der Waals surface area contributed by atoms with Gasteiger partial charge in [-0.25, -0.2) is 13.2 Å². The SMILES string of the molecule is O=c1[nH]c2ccc(NS(=O)(=O)c3ccc(Br)cc3)cc2o1. The first kappa shape index (κ1) is 13.9. The Labute approximate surface area is 128 Å². The second-order valence-corrected chi connectivity index (χ2v) is 6.88. The fourth-order valence-corrected chi connectivity index (χ4v) is 3.15. The number of fused-ring (bicyclic) bond motifs is 1. The largest absolute Gasteiger partial charge is 0.417 e. The molecule has 0 radical (unpaired) electrons. The first-order chi connectivity index (χ1) is 9.94. The van der Waals surface area contributed by atoms with Gasteiger partial charge in [0.05, 0.1) is 16.1 Å². The normalized spacial score (nSPS) is 11.7. The summed E-state index contributed by atoms with van der Waals surface area (Å²) in [4.78, 5) is 13.7. The monoisotopic (exact) mass is 368 g/mol. The highest BCUT2D eigenvalue weighted by atomic mass is 79.9. The molecule has 6 nitrogen and oxygen atoms in total. The summed E-state index contributed by atoms with van der Waals surface area (Å²) in [5, 5.41) is 0. The van der Waals surface area contributed by atoms with Gasteiger partial charge >= 0.3 is 5.76 Å². The second kappa shape index (κ2) is 5.05. The molecular weight excluding hydrogens is 360 g/mol. The molecule has 3 rings (SSSR count). The lowest BCUT2D eigenvalue weighted by molar-refractivity contribution is 0.555. The number of anilines is 1. The zero-order valence-corrected chi connectivity index (χ0v) is 12.9. The predicted molar refractivity (Wildman–Crippen MR) is 81.8 cm³/mol. The fraction of sp³-hybridized carbons (Fsp3) is 0. The van der Waals surface area contributed by atoms with Crippen LogP contribution in [0.1, 0.15) is 0 Å². The maximum atomic E-state index is 12.2. The Bertz CT molecular complexity index is 958. The molecule has 1 aromatic heterocycles. The van der Waals surface area contributed by atoms with E-state index in [1.165, 1.54) is 18.2 Å². The molecule has 0 aliphatic rings. The molecule has 3 aromatic rings. The van der Waals surface area contributed by atoms with Crippen molar-refractivity contribution < 1.29 is 12.8 Å². The van der Waals surface area contributed by atoms with Gasteiger partial charge in [0.1, 0.15) is 0 Å². The number of halogens is 1. The molecular formula is C13H9BrN2O4S. The van der Waals surface area contributed by atoms with Crippen molar-refractivity contribution in [3.63, 3.8) is 0 Å². The second-order valence-electron chi connectivity index (χ2n) is 4.28. The van der Waals surface area contributed by atoms with Gasteiger partial charge in [-0.3, -0.25) is 9.71 Å². The van der Waals surface area contributed by atoms with Crippen molar-refractivity contribution in [3.8, 4) is 0 Å². The first-order valence-electron chi connectivity index (χ1n) is 5.85. The van der Waals surface area contributed by atoms with E-state index < -0.39 is 15.8 Å². The molecule has 0 saturated heterocycles. The molecule has 0 amide bonds. The van der Waals surface area contributed by atoms with Crippen LogP contribution >= 0.6 is 15.9 Å². The molecule has 21 heavy (non-hydrogen) atoms. The maximum absolute atomic E-state index is 12.2. The van der Waals surface area contributed by atoms with E-state index in [1.807, 2.05) is 0 Å². The summed E-state index contributed by atoms with van der Waals surface area (Å²) in [7, 11) is -3.69. The zero-order chi connectivity index (χ0) is 15.0. The Balaban J connectivity index is 1.96. The van der Waals surface area contributed by atoms with E-state index in [0.717, 1.165) is 4.47 Å². The van der Waals surface area contributed by atoms with Crippen LogP contribution in [0.25, 0.3) is 11.1 Å². The summed E-state index contributed by atoms with van der Waals surface area (Å²) < 4.78 is 32.6. The van der Waals surface area contributed by atoms with Crippen molar-refractivity contribution in [2.75, 3.05) is 4.72 Å². The number of oxazole rings is 1. The van der Waals surface area contributed by atoms with Gasteiger partial charge in [0.15, 0.2) is 5.58 Å². The van der Waals surface area contributed by atoms with Crippen LogP contribution in [0.15, 0.2) is 61.0 Å². The van der Waals surface area contributed by atoms with E-state index in [4.69, 9.17) is 4.42 Å². The molecule has 2 aromatic carbocycles. The van der Waals surface area contributed by atoms with E-state index in [9.17, 15) is 13.2 Å². The highest BCUT2D eigenvalue weighted by molar-refractivity contribution is 9.10. The van der Waals surface area contributed by atoms with Crippen LogP contribution in [-0.4, -0.2) is 13.4 Å². The highest BCUT2D eigenvalue weighted by Crippen LogP contribution is 2.21. The van der Waals surface area contributed by atoms with Gasteiger partial charge in [0.2, 0.25) is 0 Å². The van der Waals surface area contributed by atoms with Crippen molar-refractivity contribution in [3.05, 3.63) is 57.5 Å². The molecule has 108 valence electrons. The lowest BCUT2D eigenvalue weighted by Gasteiger charge is -2.07. The van der Waals surface area contributed by atoms with Gasteiger partial charge in [0.25, 0.3) is 10.0 Å². The standard InChI is InChI=1S/C13H9BrN2O4S/c14-8-1-4-10(5-2-8)21(18,19)16-9-3-6-11-12(7-9)20-13(17)15-11/h1-7,16H,(H,15,17). The molecule has 0 saturated carbocycles. The van der Waals surface area contributed by atoms with Crippen molar-refractivity contribution in [2.45, 2.75) is 4.90 Å². The minimum atomic E-state index is -3.69. The van der Waals surface area contributed by atoms with Crippen molar-refractivity contribution in [2.24, 2.45) is 0 Å². The van der Waals surface area contributed by atoms with Gasteiger partial charge < -0.3 is 4.42 Å². The number of nitrogens with one attached hydrogen (secondary N) is 2. The van der Waals surface area contributed by atoms with Crippen LogP contribution in [0.4, 0.5) is 5.69 Å².